The van der Waals surface area contributed by atoms with Crippen molar-refractivity contribution < 1.29 is 9.32 Å². The highest BCUT2D eigenvalue weighted by Gasteiger charge is 2.11. The fourth-order valence-corrected chi connectivity index (χ4v) is 1.86. The standard InChI is InChI=1S/C13H12N4O2/c18-13(14-6-9-7-15-16-8-9)5-11-10-3-1-2-4-12(10)19-17-11/h1-4,7-8H,5-6H2,(H,14,18)(H,15,16). The molecule has 6 nitrogen and oxygen atoms in total. The number of benzene rings is 1. The molecule has 3 aromatic rings. The van der Waals surface area contributed by atoms with E-state index >= 15 is 0 Å². The van der Waals surface area contributed by atoms with E-state index in [-0.39, 0.29) is 12.3 Å². The number of nitrogens with one attached hydrogen (secondary N) is 2. The predicted molar refractivity (Wildman–Crippen MR) is 68.1 cm³/mol. The lowest BCUT2D eigenvalue weighted by molar-refractivity contribution is -0.120. The van der Waals surface area contributed by atoms with Crippen molar-refractivity contribution in [1.29, 1.82) is 0 Å². The molecule has 0 saturated heterocycles. The largest absolute Gasteiger partial charge is 0.356 e. The highest BCUT2D eigenvalue weighted by Crippen LogP contribution is 2.17. The molecule has 0 atom stereocenters. The predicted octanol–water partition coefficient (Wildman–Crippen LogP) is 1.41. The van der Waals surface area contributed by atoms with Gasteiger partial charge in [0.25, 0.3) is 0 Å². The van der Waals surface area contributed by atoms with E-state index in [4.69, 9.17) is 4.52 Å². The molecule has 2 heterocycles. The van der Waals surface area contributed by atoms with Crippen LogP contribution in [-0.2, 0) is 17.8 Å². The molecule has 2 N–H and O–H groups in total. The summed E-state index contributed by atoms with van der Waals surface area (Å²) in [6, 6.07) is 7.49. The SMILES string of the molecule is O=C(Cc1noc2ccccc12)NCc1cn[nH]c1. The molecule has 0 aliphatic rings. The van der Waals surface area contributed by atoms with Crippen LogP contribution in [0, 0.1) is 0 Å². The monoisotopic (exact) mass is 256 g/mol. The fourth-order valence-electron chi connectivity index (χ4n) is 1.86. The molecule has 0 bridgehead atoms. The van der Waals surface area contributed by atoms with Crippen LogP contribution in [0.15, 0.2) is 41.2 Å². The lowest BCUT2D eigenvalue weighted by Gasteiger charge is -2.01. The number of hydrogen-bond donors (Lipinski definition) is 2. The Hall–Kier alpha value is -2.63. The summed E-state index contributed by atoms with van der Waals surface area (Å²) >= 11 is 0. The molecule has 3 rings (SSSR count). The van der Waals surface area contributed by atoms with Crippen molar-refractivity contribution in [3.05, 3.63) is 47.9 Å². The number of aromatic nitrogens is 3. The molecule has 1 aromatic carbocycles. The first-order chi connectivity index (χ1) is 9.33. The maximum atomic E-state index is 11.8. The van der Waals surface area contributed by atoms with Gasteiger partial charge in [-0.3, -0.25) is 9.89 Å². The van der Waals surface area contributed by atoms with Gasteiger partial charge in [-0.25, -0.2) is 0 Å². The number of carbonyl (C=O) groups is 1. The zero-order valence-corrected chi connectivity index (χ0v) is 10.1. The first-order valence-electron chi connectivity index (χ1n) is 5.90. The van der Waals surface area contributed by atoms with Crippen LogP contribution in [0.2, 0.25) is 0 Å². The normalized spacial score (nSPS) is 10.7. The number of rotatable bonds is 4. The molecule has 0 aliphatic heterocycles. The molecule has 2 aromatic heterocycles. The van der Waals surface area contributed by atoms with Crippen LogP contribution in [0.1, 0.15) is 11.3 Å². The number of hydrogen-bond acceptors (Lipinski definition) is 4. The number of nitrogens with zero attached hydrogens (tertiary/aromatic N) is 2. The van der Waals surface area contributed by atoms with Gasteiger partial charge < -0.3 is 9.84 Å². The Labute approximate surface area is 108 Å². The zero-order valence-electron chi connectivity index (χ0n) is 10.1. The van der Waals surface area contributed by atoms with Crippen LogP contribution in [-0.4, -0.2) is 21.3 Å². The number of aromatic amines is 1. The van der Waals surface area contributed by atoms with Gasteiger partial charge in [-0.1, -0.05) is 17.3 Å². The summed E-state index contributed by atoms with van der Waals surface area (Å²) < 4.78 is 5.16. The van der Waals surface area contributed by atoms with E-state index in [0.29, 0.717) is 17.8 Å². The number of para-hydroxylation sites is 1. The molecule has 0 spiro atoms. The lowest BCUT2D eigenvalue weighted by Crippen LogP contribution is -2.24. The van der Waals surface area contributed by atoms with E-state index < -0.39 is 0 Å². The first kappa shape index (κ1) is 11.5. The van der Waals surface area contributed by atoms with Gasteiger partial charge >= 0.3 is 0 Å². The molecule has 96 valence electrons. The second kappa shape index (κ2) is 4.93. The summed E-state index contributed by atoms with van der Waals surface area (Å²) in [4.78, 5) is 11.8. The third-order valence-electron chi connectivity index (χ3n) is 2.82. The minimum Gasteiger partial charge on any atom is -0.356 e. The van der Waals surface area contributed by atoms with E-state index in [1.807, 2.05) is 24.3 Å². The Morgan fingerprint density at radius 2 is 2.26 bits per heavy atom. The van der Waals surface area contributed by atoms with Crippen molar-refractivity contribution in [2.75, 3.05) is 0 Å². The van der Waals surface area contributed by atoms with Crippen LogP contribution in [0.25, 0.3) is 11.0 Å². The quantitative estimate of drug-likeness (QED) is 0.739. The third-order valence-corrected chi connectivity index (χ3v) is 2.82. The Bertz CT molecular complexity index is 688. The molecule has 6 heteroatoms. The maximum absolute atomic E-state index is 11.8. The number of fused-ring (bicyclic) bond motifs is 1. The molecular weight excluding hydrogens is 244 g/mol. The zero-order chi connectivity index (χ0) is 13.1. The van der Waals surface area contributed by atoms with Crippen molar-refractivity contribution >= 4 is 16.9 Å². The molecule has 19 heavy (non-hydrogen) atoms. The first-order valence-corrected chi connectivity index (χ1v) is 5.90. The second-order valence-electron chi connectivity index (χ2n) is 4.19. The van der Waals surface area contributed by atoms with Gasteiger partial charge in [0.2, 0.25) is 5.91 Å². The summed E-state index contributed by atoms with van der Waals surface area (Å²) in [5.74, 6) is -0.0970. The van der Waals surface area contributed by atoms with E-state index in [1.165, 1.54) is 0 Å². The van der Waals surface area contributed by atoms with Gasteiger partial charge in [0.05, 0.1) is 12.6 Å². The smallest absolute Gasteiger partial charge is 0.226 e. The molecule has 0 fully saturated rings. The number of H-pyrrole nitrogens is 1. The van der Waals surface area contributed by atoms with Crippen LogP contribution in [0.4, 0.5) is 0 Å². The minimum atomic E-state index is -0.0970. The summed E-state index contributed by atoms with van der Waals surface area (Å²) in [6.07, 6.45) is 3.62. The molecule has 1 amide bonds. The van der Waals surface area contributed by atoms with E-state index in [9.17, 15) is 4.79 Å². The van der Waals surface area contributed by atoms with Gasteiger partial charge in [0.1, 0.15) is 5.69 Å². The number of carbonyl (C=O) groups excluding carboxylic acids is 1. The second-order valence-corrected chi connectivity index (χ2v) is 4.19. The summed E-state index contributed by atoms with van der Waals surface area (Å²) in [5.41, 5.74) is 2.28. The molecule has 0 aliphatic carbocycles. The van der Waals surface area contributed by atoms with Gasteiger partial charge in [0.15, 0.2) is 5.58 Å². The average Bonchev–Trinajstić information content (AvgIpc) is 3.07. The van der Waals surface area contributed by atoms with Crippen molar-refractivity contribution in [3.8, 4) is 0 Å². The van der Waals surface area contributed by atoms with Gasteiger partial charge in [-0.15, -0.1) is 0 Å². The highest BCUT2D eigenvalue weighted by molar-refractivity contribution is 5.86. The van der Waals surface area contributed by atoms with Crippen LogP contribution in [0.3, 0.4) is 0 Å². The van der Waals surface area contributed by atoms with E-state index in [2.05, 4.69) is 20.7 Å². The van der Waals surface area contributed by atoms with Crippen molar-refractivity contribution in [1.82, 2.24) is 20.7 Å². The minimum absolute atomic E-state index is 0.0970. The molecule has 0 unspecified atom stereocenters. The van der Waals surface area contributed by atoms with Crippen molar-refractivity contribution in [2.45, 2.75) is 13.0 Å². The maximum Gasteiger partial charge on any atom is 0.226 e. The lowest BCUT2D eigenvalue weighted by atomic mass is 10.1. The van der Waals surface area contributed by atoms with Gasteiger partial charge in [0, 0.05) is 23.7 Å². The molecule has 0 saturated carbocycles. The van der Waals surface area contributed by atoms with Gasteiger partial charge in [-0.05, 0) is 12.1 Å². The summed E-state index contributed by atoms with van der Waals surface area (Å²) in [5, 5.41) is 14.1. The van der Waals surface area contributed by atoms with Crippen LogP contribution < -0.4 is 5.32 Å². The van der Waals surface area contributed by atoms with Crippen molar-refractivity contribution in [3.63, 3.8) is 0 Å². The van der Waals surface area contributed by atoms with E-state index in [1.54, 1.807) is 12.4 Å². The Morgan fingerprint density at radius 1 is 1.37 bits per heavy atom. The van der Waals surface area contributed by atoms with E-state index in [0.717, 1.165) is 10.9 Å². The highest BCUT2D eigenvalue weighted by atomic mass is 16.5. The molecule has 0 radical (unpaired) electrons. The Morgan fingerprint density at radius 3 is 3.11 bits per heavy atom. The Kier molecular flexibility index (Phi) is 2.97. The summed E-state index contributed by atoms with van der Waals surface area (Å²) in [6.45, 7) is 0.450. The van der Waals surface area contributed by atoms with Crippen LogP contribution in [0.5, 0.6) is 0 Å². The van der Waals surface area contributed by atoms with Crippen molar-refractivity contribution in [2.24, 2.45) is 0 Å². The van der Waals surface area contributed by atoms with Crippen LogP contribution >= 0.6 is 0 Å². The average molecular weight is 256 g/mol. The topological polar surface area (TPSA) is 83.8 Å². The Balaban J connectivity index is 1.66. The van der Waals surface area contributed by atoms with Gasteiger partial charge in [-0.2, -0.15) is 5.10 Å². The third kappa shape index (κ3) is 2.47. The summed E-state index contributed by atoms with van der Waals surface area (Å²) in [7, 11) is 0. The fraction of sp³-hybridized carbons (Fsp3) is 0.154. The number of amides is 1. The molecular formula is C13H12N4O2.